The molecule has 0 spiro atoms. The lowest BCUT2D eigenvalue weighted by atomic mass is 10.3. The van der Waals surface area contributed by atoms with Gasteiger partial charge in [-0.2, -0.15) is 0 Å². The maximum atomic E-state index is 12.7. The van der Waals surface area contributed by atoms with Crippen LogP contribution in [0.15, 0.2) is 35.5 Å². The second kappa shape index (κ2) is 6.07. The number of amides is 2. The normalized spacial score (nSPS) is 24.6. The van der Waals surface area contributed by atoms with Gasteiger partial charge in [0.15, 0.2) is 5.50 Å². The average molecular weight is 330 g/mol. The quantitative estimate of drug-likeness (QED) is 0.832. The standard InChI is InChI=1S/C17H22N4OS/c1-13-12-23-17(21(13)11-15-4-2-3-7-18-15)20-9-8-19(16(20)22)10-14-5-6-14/h2-4,7,12,14,17H,5-6,8-11H2,1H3. The van der Waals surface area contributed by atoms with Gasteiger partial charge >= 0.3 is 6.03 Å². The van der Waals surface area contributed by atoms with Gasteiger partial charge in [-0.15, -0.1) is 0 Å². The van der Waals surface area contributed by atoms with Gasteiger partial charge in [0.05, 0.1) is 12.2 Å². The van der Waals surface area contributed by atoms with Crippen LogP contribution in [0.4, 0.5) is 4.79 Å². The highest BCUT2D eigenvalue weighted by Crippen LogP contribution is 2.37. The maximum absolute atomic E-state index is 12.7. The summed E-state index contributed by atoms with van der Waals surface area (Å²) in [5.41, 5.74) is 2.31. The first-order valence-electron chi connectivity index (χ1n) is 8.27. The number of hydrogen-bond acceptors (Lipinski definition) is 4. The Morgan fingerprint density at radius 2 is 2.17 bits per heavy atom. The molecule has 0 bridgehead atoms. The summed E-state index contributed by atoms with van der Waals surface area (Å²) in [5.74, 6) is 0.750. The number of rotatable bonds is 5. The Hall–Kier alpha value is -1.69. The fraction of sp³-hybridized carbons (Fsp3) is 0.529. The van der Waals surface area contributed by atoms with E-state index in [4.69, 9.17) is 0 Å². The number of hydrogen-bond donors (Lipinski definition) is 0. The van der Waals surface area contributed by atoms with Crippen LogP contribution in [-0.4, -0.2) is 50.8 Å². The van der Waals surface area contributed by atoms with E-state index in [0.29, 0.717) is 0 Å². The third kappa shape index (κ3) is 3.04. The molecule has 0 radical (unpaired) electrons. The average Bonchev–Trinajstić information content (AvgIpc) is 3.23. The molecule has 3 aliphatic rings. The first kappa shape index (κ1) is 14.9. The third-order valence-electron chi connectivity index (χ3n) is 4.71. The fourth-order valence-corrected chi connectivity index (χ4v) is 4.36. The van der Waals surface area contributed by atoms with Crippen molar-refractivity contribution < 1.29 is 4.79 Å². The number of nitrogens with zero attached hydrogens (tertiary/aromatic N) is 4. The van der Waals surface area contributed by atoms with E-state index in [2.05, 4.69) is 22.2 Å². The van der Waals surface area contributed by atoms with Crippen molar-refractivity contribution in [2.75, 3.05) is 19.6 Å². The van der Waals surface area contributed by atoms with E-state index in [1.54, 1.807) is 11.8 Å². The molecule has 1 saturated carbocycles. The second-order valence-corrected chi connectivity index (χ2v) is 7.47. The number of thioether (sulfide) groups is 1. The Morgan fingerprint density at radius 3 is 2.91 bits per heavy atom. The van der Waals surface area contributed by atoms with Crippen molar-refractivity contribution in [1.29, 1.82) is 0 Å². The zero-order valence-electron chi connectivity index (χ0n) is 13.4. The summed E-state index contributed by atoms with van der Waals surface area (Å²) in [4.78, 5) is 23.5. The van der Waals surface area contributed by atoms with Crippen molar-refractivity contribution in [3.63, 3.8) is 0 Å². The van der Waals surface area contributed by atoms with Crippen molar-refractivity contribution in [3.05, 3.63) is 41.2 Å². The van der Waals surface area contributed by atoms with Gasteiger partial charge in [-0.25, -0.2) is 4.79 Å². The zero-order valence-corrected chi connectivity index (χ0v) is 14.2. The van der Waals surface area contributed by atoms with Crippen molar-refractivity contribution in [2.45, 2.75) is 31.8 Å². The summed E-state index contributed by atoms with van der Waals surface area (Å²) in [5, 5.41) is 2.16. The second-order valence-electron chi connectivity index (χ2n) is 6.54. The largest absolute Gasteiger partial charge is 0.340 e. The van der Waals surface area contributed by atoms with Crippen LogP contribution in [0.5, 0.6) is 0 Å². The summed E-state index contributed by atoms with van der Waals surface area (Å²) >= 11 is 1.73. The van der Waals surface area contributed by atoms with Crippen LogP contribution in [-0.2, 0) is 6.54 Å². The molecule has 5 nitrogen and oxygen atoms in total. The summed E-state index contributed by atoms with van der Waals surface area (Å²) in [6.45, 7) is 5.48. The fourth-order valence-electron chi connectivity index (χ4n) is 3.17. The van der Waals surface area contributed by atoms with Gasteiger partial charge in [-0.1, -0.05) is 17.8 Å². The topological polar surface area (TPSA) is 39.7 Å². The number of urea groups is 1. The lowest BCUT2D eigenvalue weighted by Gasteiger charge is -2.33. The number of pyridine rings is 1. The summed E-state index contributed by atoms with van der Waals surface area (Å²) in [7, 11) is 0. The molecule has 4 rings (SSSR count). The van der Waals surface area contributed by atoms with E-state index in [9.17, 15) is 4.79 Å². The van der Waals surface area contributed by atoms with Gasteiger partial charge in [0.25, 0.3) is 0 Å². The minimum Gasteiger partial charge on any atom is -0.340 e. The van der Waals surface area contributed by atoms with Crippen molar-refractivity contribution in [1.82, 2.24) is 19.7 Å². The molecule has 1 aliphatic carbocycles. The molecule has 2 aliphatic heterocycles. The number of aromatic nitrogens is 1. The zero-order chi connectivity index (χ0) is 15.8. The monoisotopic (exact) mass is 330 g/mol. The molecule has 1 saturated heterocycles. The molecule has 122 valence electrons. The summed E-state index contributed by atoms with van der Waals surface area (Å²) in [6.07, 6.45) is 4.40. The molecule has 0 N–H and O–H groups in total. The summed E-state index contributed by atoms with van der Waals surface area (Å²) in [6, 6.07) is 6.18. The Kier molecular flexibility index (Phi) is 3.93. The van der Waals surface area contributed by atoms with Gasteiger partial charge in [-0.3, -0.25) is 9.88 Å². The Balaban J connectivity index is 1.46. The molecule has 2 amide bonds. The molecule has 2 fully saturated rings. The van der Waals surface area contributed by atoms with Crippen molar-refractivity contribution >= 4 is 17.8 Å². The molecule has 0 aromatic carbocycles. The lowest BCUT2D eigenvalue weighted by Crippen LogP contribution is -2.45. The number of carbonyl (C=O) groups is 1. The molecule has 1 atom stereocenters. The molecular weight excluding hydrogens is 308 g/mol. The van der Waals surface area contributed by atoms with Gasteiger partial charge in [0.1, 0.15) is 0 Å². The van der Waals surface area contributed by atoms with E-state index in [-0.39, 0.29) is 11.5 Å². The molecule has 1 unspecified atom stereocenters. The van der Waals surface area contributed by atoms with Crippen molar-refractivity contribution in [2.24, 2.45) is 5.92 Å². The molecule has 6 heteroatoms. The van der Waals surface area contributed by atoms with Crippen LogP contribution < -0.4 is 0 Å². The minimum atomic E-state index is 0.0636. The van der Waals surface area contributed by atoms with Crippen LogP contribution in [0, 0.1) is 5.92 Å². The highest BCUT2D eigenvalue weighted by molar-refractivity contribution is 8.02. The van der Waals surface area contributed by atoms with E-state index in [1.165, 1.54) is 18.5 Å². The van der Waals surface area contributed by atoms with E-state index >= 15 is 0 Å². The Morgan fingerprint density at radius 1 is 1.30 bits per heavy atom. The van der Waals surface area contributed by atoms with E-state index in [0.717, 1.165) is 37.8 Å². The Labute approximate surface area is 141 Å². The SMILES string of the molecule is CC1=CSC(N2CCN(CC3CC3)C2=O)N1Cc1ccccn1. The molecule has 1 aromatic rings. The van der Waals surface area contributed by atoms with E-state index < -0.39 is 0 Å². The van der Waals surface area contributed by atoms with Crippen LogP contribution in [0.3, 0.4) is 0 Å². The molecule has 3 heterocycles. The van der Waals surface area contributed by atoms with Gasteiger partial charge in [-0.05, 0) is 43.2 Å². The predicted octanol–water partition coefficient (Wildman–Crippen LogP) is 2.92. The smallest absolute Gasteiger partial charge is 0.322 e. The predicted molar refractivity (Wildman–Crippen MR) is 91.3 cm³/mol. The van der Waals surface area contributed by atoms with Crippen LogP contribution in [0.25, 0.3) is 0 Å². The first-order chi connectivity index (χ1) is 11.2. The Bertz CT molecular complexity index is 616. The van der Waals surface area contributed by atoms with Gasteiger partial charge in [0.2, 0.25) is 0 Å². The molecular formula is C17H22N4OS. The van der Waals surface area contributed by atoms with Gasteiger partial charge < -0.3 is 9.80 Å². The molecule has 23 heavy (non-hydrogen) atoms. The lowest BCUT2D eigenvalue weighted by molar-refractivity contribution is 0.148. The van der Waals surface area contributed by atoms with Crippen molar-refractivity contribution in [3.8, 4) is 0 Å². The van der Waals surface area contributed by atoms with Crippen LogP contribution >= 0.6 is 11.8 Å². The number of carbonyl (C=O) groups excluding carboxylic acids is 1. The minimum absolute atomic E-state index is 0.0636. The number of allylic oxidation sites excluding steroid dienone is 1. The summed E-state index contributed by atoms with van der Waals surface area (Å²) < 4.78 is 0. The highest BCUT2D eigenvalue weighted by Gasteiger charge is 2.40. The highest BCUT2D eigenvalue weighted by atomic mass is 32.2. The molecule has 1 aromatic heterocycles. The van der Waals surface area contributed by atoms with Gasteiger partial charge in [0, 0.05) is 31.5 Å². The third-order valence-corrected chi connectivity index (χ3v) is 5.94. The van der Waals surface area contributed by atoms with Crippen LogP contribution in [0.2, 0.25) is 0 Å². The van der Waals surface area contributed by atoms with E-state index in [1.807, 2.05) is 34.2 Å². The maximum Gasteiger partial charge on any atom is 0.322 e. The first-order valence-corrected chi connectivity index (χ1v) is 9.21. The van der Waals surface area contributed by atoms with Crippen LogP contribution in [0.1, 0.15) is 25.5 Å².